The SMILES string of the molecule is CSCCC(N)C(=O)NC(CS)C(=O)NC(CS)C(=O)N1CCCC1C(=O)O. The van der Waals surface area contributed by atoms with E-state index in [-0.39, 0.29) is 11.5 Å². The van der Waals surface area contributed by atoms with Crippen LogP contribution in [0.5, 0.6) is 0 Å². The maximum absolute atomic E-state index is 12.7. The third-order valence-corrected chi connectivity index (χ3v) is 5.78. The minimum Gasteiger partial charge on any atom is -0.480 e. The Hall–Kier alpha value is -1.11. The van der Waals surface area contributed by atoms with E-state index in [4.69, 9.17) is 5.73 Å². The van der Waals surface area contributed by atoms with Gasteiger partial charge in [-0.2, -0.15) is 37.0 Å². The molecule has 1 saturated heterocycles. The van der Waals surface area contributed by atoms with Crippen molar-refractivity contribution in [1.82, 2.24) is 15.5 Å². The highest BCUT2D eigenvalue weighted by atomic mass is 32.2. The molecule has 3 amide bonds. The summed E-state index contributed by atoms with van der Waals surface area (Å²) in [5.74, 6) is -1.93. The average Bonchev–Trinajstić information content (AvgIpc) is 3.17. The molecule has 0 aromatic carbocycles. The molecule has 0 spiro atoms. The Balaban J connectivity index is 2.71. The molecule has 0 radical (unpaired) electrons. The van der Waals surface area contributed by atoms with Crippen LogP contribution in [0.4, 0.5) is 0 Å². The van der Waals surface area contributed by atoms with Crippen LogP contribution in [0.25, 0.3) is 0 Å². The molecule has 1 aliphatic rings. The standard InChI is InChI=1S/C16H28N4O5S3/c1-28-6-4-9(17)13(21)18-10(7-26)14(22)19-11(8-27)15(23)20-5-2-3-12(20)16(24)25/h9-12,26-27H,2-8,17H2,1H3,(H,18,21)(H,19,22)(H,24,25). The quantitative estimate of drug-likeness (QED) is 0.220. The number of hydrogen-bond donors (Lipinski definition) is 6. The maximum Gasteiger partial charge on any atom is 0.326 e. The highest BCUT2D eigenvalue weighted by molar-refractivity contribution is 7.98. The molecule has 160 valence electrons. The highest BCUT2D eigenvalue weighted by Gasteiger charge is 2.37. The molecule has 28 heavy (non-hydrogen) atoms. The van der Waals surface area contributed by atoms with E-state index in [1.54, 1.807) is 11.8 Å². The van der Waals surface area contributed by atoms with Crippen LogP contribution in [-0.4, -0.2) is 87.9 Å². The van der Waals surface area contributed by atoms with Crippen molar-refractivity contribution in [3.05, 3.63) is 0 Å². The van der Waals surface area contributed by atoms with E-state index in [0.29, 0.717) is 31.6 Å². The molecule has 0 bridgehead atoms. The first-order valence-corrected chi connectivity index (χ1v) is 11.5. The van der Waals surface area contributed by atoms with Crippen molar-refractivity contribution in [2.24, 2.45) is 5.73 Å². The predicted molar refractivity (Wildman–Crippen MR) is 115 cm³/mol. The van der Waals surface area contributed by atoms with Gasteiger partial charge in [-0.15, -0.1) is 0 Å². The Labute approximate surface area is 179 Å². The monoisotopic (exact) mass is 452 g/mol. The maximum atomic E-state index is 12.7. The lowest BCUT2D eigenvalue weighted by Crippen LogP contribution is -2.58. The first kappa shape index (κ1) is 24.9. The zero-order chi connectivity index (χ0) is 21.3. The van der Waals surface area contributed by atoms with Gasteiger partial charge in [0.05, 0.1) is 6.04 Å². The molecule has 4 unspecified atom stereocenters. The van der Waals surface area contributed by atoms with Crippen molar-refractivity contribution in [3.63, 3.8) is 0 Å². The number of nitrogens with zero attached hydrogens (tertiary/aromatic N) is 1. The molecule has 0 saturated carbocycles. The Kier molecular flexibility index (Phi) is 11.1. The van der Waals surface area contributed by atoms with Crippen LogP contribution in [0.3, 0.4) is 0 Å². The first-order chi connectivity index (χ1) is 13.3. The van der Waals surface area contributed by atoms with Crippen molar-refractivity contribution in [2.45, 2.75) is 43.4 Å². The number of rotatable bonds is 11. The van der Waals surface area contributed by atoms with Crippen LogP contribution in [0.15, 0.2) is 0 Å². The fourth-order valence-corrected chi connectivity index (χ4v) is 3.79. The summed E-state index contributed by atoms with van der Waals surface area (Å²) in [5.41, 5.74) is 5.80. The van der Waals surface area contributed by atoms with Gasteiger partial charge in [0.2, 0.25) is 17.7 Å². The Bertz CT molecular complexity index is 580. The van der Waals surface area contributed by atoms with Crippen molar-refractivity contribution in [1.29, 1.82) is 0 Å². The molecule has 0 aliphatic carbocycles. The largest absolute Gasteiger partial charge is 0.480 e. The molecule has 0 aromatic heterocycles. The summed E-state index contributed by atoms with van der Waals surface area (Å²) >= 11 is 9.75. The van der Waals surface area contributed by atoms with E-state index in [1.165, 1.54) is 4.90 Å². The van der Waals surface area contributed by atoms with Crippen LogP contribution in [0, 0.1) is 0 Å². The van der Waals surface area contributed by atoms with Gasteiger partial charge < -0.3 is 26.4 Å². The third-order valence-electron chi connectivity index (χ3n) is 4.40. The molecule has 0 aromatic rings. The third kappa shape index (κ3) is 7.05. The molecular weight excluding hydrogens is 424 g/mol. The number of aliphatic carboxylic acids is 1. The molecule has 9 nitrogen and oxygen atoms in total. The number of carboxylic acid groups (broad SMARTS) is 1. The fraction of sp³-hybridized carbons (Fsp3) is 0.750. The first-order valence-electron chi connectivity index (χ1n) is 8.87. The second-order valence-corrected chi connectivity index (χ2v) is 8.12. The zero-order valence-corrected chi connectivity index (χ0v) is 18.3. The van der Waals surface area contributed by atoms with Crippen molar-refractivity contribution in [2.75, 3.05) is 30.1 Å². The summed E-state index contributed by atoms with van der Waals surface area (Å²) in [4.78, 5) is 49.8. The lowest BCUT2D eigenvalue weighted by atomic mass is 10.2. The van der Waals surface area contributed by atoms with Crippen LogP contribution in [0.2, 0.25) is 0 Å². The van der Waals surface area contributed by atoms with Crippen LogP contribution in [-0.2, 0) is 19.2 Å². The minimum absolute atomic E-state index is 0.00606. The van der Waals surface area contributed by atoms with Gasteiger partial charge in [0, 0.05) is 18.1 Å². The summed E-state index contributed by atoms with van der Waals surface area (Å²) in [6, 6.07) is -3.62. The van der Waals surface area contributed by atoms with Crippen LogP contribution < -0.4 is 16.4 Å². The highest BCUT2D eigenvalue weighted by Crippen LogP contribution is 2.18. The van der Waals surface area contributed by atoms with E-state index >= 15 is 0 Å². The topological polar surface area (TPSA) is 142 Å². The molecule has 4 atom stereocenters. The average molecular weight is 453 g/mol. The van der Waals surface area contributed by atoms with Gasteiger partial charge in [0.15, 0.2) is 0 Å². The van der Waals surface area contributed by atoms with Gasteiger partial charge >= 0.3 is 5.97 Å². The number of likely N-dealkylation sites (tertiary alicyclic amines) is 1. The van der Waals surface area contributed by atoms with Crippen LogP contribution >= 0.6 is 37.0 Å². The van der Waals surface area contributed by atoms with Crippen molar-refractivity contribution < 1.29 is 24.3 Å². The summed E-state index contributed by atoms with van der Waals surface area (Å²) in [6.45, 7) is 0.312. The van der Waals surface area contributed by atoms with Gasteiger partial charge in [-0.1, -0.05) is 0 Å². The van der Waals surface area contributed by atoms with Crippen molar-refractivity contribution in [3.8, 4) is 0 Å². The normalized spacial score (nSPS) is 19.6. The number of nitrogens with two attached hydrogens (primary N) is 1. The van der Waals surface area contributed by atoms with E-state index < -0.39 is 47.9 Å². The number of carbonyl (C=O) groups excluding carboxylic acids is 3. The lowest BCUT2D eigenvalue weighted by molar-refractivity contribution is -0.149. The second kappa shape index (κ2) is 12.5. The number of thioether (sulfide) groups is 1. The molecule has 1 rings (SSSR count). The van der Waals surface area contributed by atoms with Gasteiger partial charge in [0.25, 0.3) is 0 Å². The summed E-state index contributed by atoms with van der Waals surface area (Å²) in [6.07, 6.45) is 3.33. The van der Waals surface area contributed by atoms with E-state index in [0.717, 1.165) is 0 Å². The summed E-state index contributed by atoms with van der Waals surface area (Å²) in [5, 5.41) is 14.3. The van der Waals surface area contributed by atoms with Gasteiger partial charge in [-0.3, -0.25) is 14.4 Å². The smallest absolute Gasteiger partial charge is 0.326 e. The van der Waals surface area contributed by atoms with Gasteiger partial charge in [0.1, 0.15) is 18.1 Å². The Morgan fingerprint density at radius 3 is 2.32 bits per heavy atom. The molecule has 1 heterocycles. The number of hydrogen-bond acceptors (Lipinski definition) is 8. The fourth-order valence-electron chi connectivity index (χ4n) is 2.79. The minimum atomic E-state index is -1.07. The summed E-state index contributed by atoms with van der Waals surface area (Å²) in [7, 11) is 0. The van der Waals surface area contributed by atoms with Crippen molar-refractivity contribution >= 4 is 60.7 Å². The van der Waals surface area contributed by atoms with E-state index in [2.05, 4.69) is 35.9 Å². The van der Waals surface area contributed by atoms with E-state index in [1.807, 2.05) is 6.26 Å². The molecule has 1 fully saturated rings. The summed E-state index contributed by atoms with van der Waals surface area (Å²) < 4.78 is 0. The number of carbonyl (C=O) groups is 4. The molecule has 1 aliphatic heterocycles. The molecule has 5 N–H and O–H groups in total. The number of amides is 3. The number of carboxylic acids is 1. The van der Waals surface area contributed by atoms with Gasteiger partial charge in [-0.05, 0) is 31.3 Å². The Morgan fingerprint density at radius 2 is 1.79 bits per heavy atom. The number of thiol groups is 2. The molecular formula is C16H28N4O5S3. The Morgan fingerprint density at radius 1 is 1.18 bits per heavy atom. The number of nitrogens with one attached hydrogen (secondary N) is 2. The lowest BCUT2D eigenvalue weighted by Gasteiger charge is -2.28. The van der Waals surface area contributed by atoms with Crippen LogP contribution in [0.1, 0.15) is 19.3 Å². The second-order valence-electron chi connectivity index (χ2n) is 6.40. The molecule has 12 heteroatoms. The zero-order valence-electron chi connectivity index (χ0n) is 15.7. The van der Waals surface area contributed by atoms with Gasteiger partial charge in [-0.25, -0.2) is 4.79 Å². The van der Waals surface area contributed by atoms with E-state index in [9.17, 15) is 24.3 Å². The predicted octanol–water partition coefficient (Wildman–Crippen LogP) is -1.03.